The quantitative estimate of drug-likeness (QED) is 0.372. The number of pyridine rings is 2. The Balaban J connectivity index is 1.46. The minimum Gasteiger partial charge on any atom is -0.368 e. The van der Waals surface area contributed by atoms with Crippen LogP contribution < -0.4 is 15.9 Å². The van der Waals surface area contributed by atoms with Crippen LogP contribution in [0.1, 0.15) is 5.56 Å². The number of fused-ring (bicyclic) bond motifs is 1. The van der Waals surface area contributed by atoms with Gasteiger partial charge in [0.1, 0.15) is 5.65 Å². The first-order valence-corrected chi connectivity index (χ1v) is 12.2. The number of aryl methyl sites for hydroxylation is 1. The maximum absolute atomic E-state index is 14.2. The van der Waals surface area contributed by atoms with Crippen LogP contribution in [-0.4, -0.2) is 50.3 Å². The summed E-state index contributed by atoms with van der Waals surface area (Å²) >= 11 is 0. The van der Waals surface area contributed by atoms with Gasteiger partial charge in [-0.25, -0.2) is 9.78 Å². The third-order valence-electron chi connectivity index (χ3n) is 6.81. The average Bonchev–Trinajstić information content (AvgIpc) is 3.52. The number of aromatic amines is 1. The van der Waals surface area contributed by atoms with Gasteiger partial charge in [-0.2, -0.15) is 13.2 Å². The number of imidazole rings is 1. The maximum atomic E-state index is 14.2. The SMILES string of the molecule is Cn1cc(-c2cc(-c3cnc4[nH]ccc4c3)ccn2)n(-c2ccc(N3CCNCC3)c(C(F)(F)F)c2)c1=O. The molecule has 1 saturated heterocycles. The van der Waals surface area contributed by atoms with Crippen molar-refractivity contribution < 1.29 is 13.2 Å². The van der Waals surface area contributed by atoms with Crippen LogP contribution in [0.25, 0.3) is 39.2 Å². The first-order chi connectivity index (χ1) is 18.3. The summed E-state index contributed by atoms with van der Waals surface area (Å²) in [6.45, 7) is 2.16. The second kappa shape index (κ2) is 9.18. The molecule has 1 fully saturated rings. The molecule has 0 spiro atoms. The normalized spacial score (nSPS) is 14.4. The molecule has 0 aliphatic carbocycles. The lowest BCUT2D eigenvalue weighted by atomic mass is 10.1. The van der Waals surface area contributed by atoms with E-state index in [0.29, 0.717) is 37.6 Å². The van der Waals surface area contributed by atoms with Gasteiger partial charge in [0.2, 0.25) is 0 Å². The maximum Gasteiger partial charge on any atom is 0.418 e. The lowest BCUT2D eigenvalue weighted by Gasteiger charge is -2.31. The number of piperazine rings is 1. The summed E-state index contributed by atoms with van der Waals surface area (Å²) in [6.07, 6.45) is 2.16. The van der Waals surface area contributed by atoms with Gasteiger partial charge in [0.05, 0.1) is 22.6 Å². The second-order valence-electron chi connectivity index (χ2n) is 9.25. The smallest absolute Gasteiger partial charge is 0.368 e. The van der Waals surface area contributed by atoms with Crippen molar-refractivity contribution in [1.29, 1.82) is 0 Å². The minimum absolute atomic E-state index is 0.112. The molecule has 194 valence electrons. The first kappa shape index (κ1) is 24.0. The van der Waals surface area contributed by atoms with E-state index >= 15 is 0 Å². The summed E-state index contributed by atoms with van der Waals surface area (Å²) in [6, 6.07) is 11.6. The average molecular weight is 520 g/mol. The zero-order valence-corrected chi connectivity index (χ0v) is 20.5. The van der Waals surface area contributed by atoms with Crippen molar-refractivity contribution in [3.63, 3.8) is 0 Å². The molecule has 1 aliphatic rings. The topological polar surface area (TPSA) is 83.8 Å². The predicted molar refractivity (Wildman–Crippen MR) is 139 cm³/mol. The number of halogens is 3. The standard InChI is InChI=1S/C27H24F3N7O/c1-35-16-24(22-13-17(4-6-32-22)19-12-18-5-7-33-25(18)34-15-19)37(26(35)38)20-2-3-23(21(14-20)27(28,29)30)36-10-8-31-9-11-36/h2-7,12-16,31H,8-11H2,1H3,(H,33,34). The fraction of sp³-hybridized carbons (Fsp3) is 0.222. The first-order valence-electron chi connectivity index (χ1n) is 12.2. The van der Waals surface area contributed by atoms with Crippen molar-refractivity contribution in [3.8, 4) is 28.2 Å². The number of aromatic nitrogens is 5. The molecule has 1 aliphatic heterocycles. The van der Waals surface area contributed by atoms with Crippen molar-refractivity contribution in [2.24, 2.45) is 7.05 Å². The summed E-state index contributed by atoms with van der Waals surface area (Å²) in [7, 11) is 1.57. The minimum atomic E-state index is -4.59. The van der Waals surface area contributed by atoms with Crippen LogP contribution in [0.15, 0.2) is 72.0 Å². The van der Waals surface area contributed by atoms with Crippen LogP contribution >= 0.6 is 0 Å². The van der Waals surface area contributed by atoms with Gasteiger partial charge in [0.25, 0.3) is 0 Å². The lowest BCUT2D eigenvalue weighted by Crippen LogP contribution is -2.44. The Hall–Kier alpha value is -4.38. The number of alkyl halides is 3. The van der Waals surface area contributed by atoms with Crippen molar-refractivity contribution in [1.82, 2.24) is 29.4 Å². The Kier molecular flexibility index (Phi) is 5.79. The summed E-state index contributed by atoms with van der Waals surface area (Å²) in [5.74, 6) is 0. The van der Waals surface area contributed by atoms with Crippen LogP contribution in [-0.2, 0) is 13.2 Å². The molecule has 0 bridgehead atoms. The summed E-state index contributed by atoms with van der Waals surface area (Å²) in [5.41, 5.74) is 2.28. The number of H-pyrrole nitrogens is 1. The zero-order chi connectivity index (χ0) is 26.4. The van der Waals surface area contributed by atoms with E-state index in [9.17, 15) is 18.0 Å². The number of nitrogens with one attached hydrogen (secondary N) is 2. The third-order valence-corrected chi connectivity index (χ3v) is 6.81. The van der Waals surface area contributed by atoms with Gasteiger partial charge in [-0.3, -0.25) is 9.55 Å². The van der Waals surface area contributed by atoms with Crippen molar-refractivity contribution >= 4 is 16.7 Å². The molecule has 4 aromatic heterocycles. The van der Waals surface area contributed by atoms with Gasteiger partial charge in [-0.1, -0.05) is 0 Å². The van der Waals surface area contributed by atoms with Gasteiger partial charge >= 0.3 is 11.9 Å². The highest BCUT2D eigenvalue weighted by Gasteiger charge is 2.36. The van der Waals surface area contributed by atoms with Crippen LogP contribution in [0.4, 0.5) is 18.9 Å². The van der Waals surface area contributed by atoms with Crippen molar-refractivity contribution in [3.05, 3.63) is 83.3 Å². The fourth-order valence-corrected chi connectivity index (χ4v) is 4.91. The molecular formula is C27H24F3N7O. The zero-order valence-electron chi connectivity index (χ0n) is 20.5. The molecule has 0 atom stereocenters. The Bertz CT molecular complexity index is 1690. The predicted octanol–water partition coefficient (Wildman–Crippen LogP) is 4.21. The Morgan fingerprint density at radius 2 is 1.79 bits per heavy atom. The second-order valence-corrected chi connectivity index (χ2v) is 9.25. The summed E-state index contributed by atoms with van der Waals surface area (Å²) < 4.78 is 45.2. The molecule has 8 nitrogen and oxygen atoms in total. The molecule has 11 heteroatoms. The largest absolute Gasteiger partial charge is 0.418 e. The molecule has 0 unspecified atom stereocenters. The molecule has 0 saturated carbocycles. The van der Waals surface area contributed by atoms with Crippen LogP contribution in [0.3, 0.4) is 0 Å². The van der Waals surface area contributed by atoms with E-state index in [2.05, 4.69) is 20.3 Å². The Morgan fingerprint density at radius 1 is 0.974 bits per heavy atom. The highest BCUT2D eigenvalue weighted by atomic mass is 19.4. The van der Waals surface area contributed by atoms with Gasteiger partial charge < -0.3 is 19.8 Å². The van der Waals surface area contributed by atoms with E-state index < -0.39 is 17.4 Å². The van der Waals surface area contributed by atoms with E-state index in [1.54, 1.807) is 42.7 Å². The molecule has 2 N–H and O–H groups in total. The van der Waals surface area contributed by atoms with E-state index in [-0.39, 0.29) is 11.4 Å². The Morgan fingerprint density at radius 3 is 2.58 bits per heavy atom. The van der Waals surface area contributed by atoms with Crippen molar-refractivity contribution in [2.75, 3.05) is 31.1 Å². The van der Waals surface area contributed by atoms with Gasteiger partial charge in [-0.05, 0) is 48.0 Å². The van der Waals surface area contributed by atoms with Crippen LogP contribution in [0, 0.1) is 0 Å². The summed E-state index contributed by atoms with van der Waals surface area (Å²) in [4.78, 5) is 26.8. The number of hydrogen-bond acceptors (Lipinski definition) is 5. The number of hydrogen-bond donors (Lipinski definition) is 2. The van der Waals surface area contributed by atoms with Gasteiger partial charge in [-0.15, -0.1) is 0 Å². The number of anilines is 1. The van der Waals surface area contributed by atoms with Gasteiger partial charge in [0.15, 0.2) is 0 Å². The summed E-state index contributed by atoms with van der Waals surface area (Å²) in [5, 5.41) is 4.10. The molecule has 38 heavy (non-hydrogen) atoms. The van der Waals surface area contributed by atoms with E-state index in [1.807, 2.05) is 24.4 Å². The van der Waals surface area contributed by atoms with E-state index in [0.717, 1.165) is 28.2 Å². The highest BCUT2D eigenvalue weighted by molar-refractivity contribution is 5.82. The molecule has 6 rings (SSSR count). The van der Waals surface area contributed by atoms with Gasteiger partial charge in [0, 0.05) is 74.7 Å². The number of rotatable bonds is 4. The number of nitrogens with zero attached hydrogens (tertiary/aromatic N) is 5. The monoisotopic (exact) mass is 519 g/mol. The van der Waals surface area contributed by atoms with Crippen LogP contribution in [0.5, 0.6) is 0 Å². The highest BCUT2D eigenvalue weighted by Crippen LogP contribution is 2.38. The molecule has 5 aromatic rings. The van der Waals surface area contributed by atoms with Crippen molar-refractivity contribution in [2.45, 2.75) is 6.18 Å². The molecule has 0 amide bonds. The van der Waals surface area contributed by atoms with E-state index in [4.69, 9.17) is 0 Å². The molecular weight excluding hydrogens is 495 g/mol. The molecule has 5 heterocycles. The lowest BCUT2D eigenvalue weighted by molar-refractivity contribution is -0.137. The van der Waals surface area contributed by atoms with E-state index in [1.165, 1.54) is 15.2 Å². The Labute approximate surface area is 215 Å². The molecule has 1 aromatic carbocycles. The molecule has 0 radical (unpaired) electrons. The third kappa shape index (κ3) is 4.24. The van der Waals surface area contributed by atoms with Crippen LogP contribution in [0.2, 0.25) is 0 Å². The number of benzene rings is 1. The fourth-order valence-electron chi connectivity index (χ4n) is 4.91.